The predicted molar refractivity (Wildman–Crippen MR) is 76.1 cm³/mol. The molecule has 0 atom stereocenters. The zero-order valence-corrected chi connectivity index (χ0v) is 11.2. The molecule has 2 aromatic rings. The quantitative estimate of drug-likeness (QED) is 0.900. The molecule has 0 saturated heterocycles. The zero-order valence-electron chi connectivity index (χ0n) is 11.2. The van der Waals surface area contributed by atoms with E-state index in [-0.39, 0.29) is 5.56 Å². The van der Waals surface area contributed by atoms with Crippen molar-refractivity contribution in [1.29, 1.82) is 5.26 Å². The number of hydrogen-bond donors (Lipinski definition) is 1. The van der Waals surface area contributed by atoms with Crippen molar-refractivity contribution in [2.45, 2.75) is 13.5 Å². The molecule has 0 amide bonds. The van der Waals surface area contributed by atoms with Crippen LogP contribution in [0.1, 0.15) is 18.1 Å². The number of nitriles is 1. The van der Waals surface area contributed by atoms with Gasteiger partial charge in [0.05, 0.1) is 12.2 Å². The molecule has 2 rings (SSSR count). The van der Waals surface area contributed by atoms with E-state index in [9.17, 15) is 4.39 Å². The third-order valence-corrected chi connectivity index (χ3v) is 2.83. The van der Waals surface area contributed by atoms with Gasteiger partial charge in [0.1, 0.15) is 17.6 Å². The number of benzene rings is 2. The SMILES string of the molecule is CCOc1cccc(NCc2cccc(C#N)c2F)c1. The molecule has 2 aromatic carbocycles. The summed E-state index contributed by atoms with van der Waals surface area (Å²) < 4.78 is 19.3. The number of halogens is 1. The molecule has 0 radical (unpaired) electrons. The second-order valence-electron chi connectivity index (χ2n) is 4.20. The molecule has 0 fully saturated rings. The van der Waals surface area contributed by atoms with Crippen molar-refractivity contribution < 1.29 is 9.13 Å². The van der Waals surface area contributed by atoms with Crippen LogP contribution in [0.4, 0.5) is 10.1 Å². The third kappa shape index (κ3) is 3.27. The lowest BCUT2D eigenvalue weighted by molar-refractivity contribution is 0.340. The molecule has 20 heavy (non-hydrogen) atoms. The van der Waals surface area contributed by atoms with Crippen molar-refractivity contribution in [3.05, 3.63) is 59.4 Å². The van der Waals surface area contributed by atoms with Crippen LogP contribution >= 0.6 is 0 Å². The molecule has 0 saturated carbocycles. The van der Waals surface area contributed by atoms with Gasteiger partial charge in [0.25, 0.3) is 0 Å². The lowest BCUT2D eigenvalue weighted by Crippen LogP contribution is -2.03. The smallest absolute Gasteiger partial charge is 0.145 e. The fourth-order valence-electron chi connectivity index (χ4n) is 1.86. The van der Waals surface area contributed by atoms with Crippen LogP contribution in [0.5, 0.6) is 5.75 Å². The Bertz CT molecular complexity index is 635. The molecule has 0 aliphatic carbocycles. The van der Waals surface area contributed by atoms with Gasteiger partial charge in [0.2, 0.25) is 0 Å². The first-order valence-corrected chi connectivity index (χ1v) is 6.38. The summed E-state index contributed by atoms with van der Waals surface area (Å²) in [6, 6.07) is 14.1. The molecule has 102 valence electrons. The molecule has 0 bridgehead atoms. The van der Waals surface area contributed by atoms with E-state index in [1.54, 1.807) is 12.1 Å². The first kappa shape index (κ1) is 13.9. The molecule has 0 spiro atoms. The van der Waals surface area contributed by atoms with Gasteiger partial charge in [-0.15, -0.1) is 0 Å². The summed E-state index contributed by atoms with van der Waals surface area (Å²) in [5.74, 6) is 0.298. The maximum Gasteiger partial charge on any atom is 0.145 e. The largest absolute Gasteiger partial charge is 0.494 e. The van der Waals surface area contributed by atoms with Crippen LogP contribution in [-0.2, 0) is 6.54 Å². The number of rotatable bonds is 5. The highest BCUT2D eigenvalue weighted by Crippen LogP contribution is 2.19. The van der Waals surface area contributed by atoms with E-state index in [1.807, 2.05) is 37.3 Å². The topological polar surface area (TPSA) is 45.0 Å². The van der Waals surface area contributed by atoms with E-state index in [2.05, 4.69) is 5.32 Å². The summed E-state index contributed by atoms with van der Waals surface area (Å²) >= 11 is 0. The Morgan fingerprint density at radius 1 is 1.25 bits per heavy atom. The molecular formula is C16H15FN2O. The van der Waals surface area contributed by atoms with Gasteiger partial charge in [0.15, 0.2) is 0 Å². The van der Waals surface area contributed by atoms with Gasteiger partial charge in [-0.1, -0.05) is 18.2 Å². The fraction of sp³-hybridized carbons (Fsp3) is 0.188. The van der Waals surface area contributed by atoms with E-state index in [4.69, 9.17) is 10.00 Å². The van der Waals surface area contributed by atoms with Gasteiger partial charge < -0.3 is 10.1 Å². The van der Waals surface area contributed by atoms with Crippen molar-refractivity contribution in [2.24, 2.45) is 0 Å². The Morgan fingerprint density at radius 2 is 2.05 bits per heavy atom. The highest BCUT2D eigenvalue weighted by molar-refractivity contribution is 5.49. The molecule has 0 unspecified atom stereocenters. The van der Waals surface area contributed by atoms with Gasteiger partial charge in [-0.2, -0.15) is 5.26 Å². The van der Waals surface area contributed by atoms with Crippen molar-refractivity contribution in [2.75, 3.05) is 11.9 Å². The summed E-state index contributed by atoms with van der Waals surface area (Å²) in [5.41, 5.74) is 1.37. The van der Waals surface area contributed by atoms with Crippen LogP contribution in [0.2, 0.25) is 0 Å². The number of ether oxygens (including phenoxy) is 1. The lowest BCUT2D eigenvalue weighted by Gasteiger charge is -2.10. The molecule has 0 heterocycles. The second-order valence-corrected chi connectivity index (χ2v) is 4.20. The maximum atomic E-state index is 13.9. The number of nitrogens with one attached hydrogen (secondary N) is 1. The minimum atomic E-state index is -0.469. The zero-order chi connectivity index (χ0) is 14.4. The standard InChI is InChI=1S/C16H15FN2O/c1-2-20-15-8-4-7-14(9-15)19-11-13-6-3-5-12(10-18)16(13)17/h3-9,19H,2,11H2,1H3. The molecule has 4 heteroatoms. The highest BCUT2D eigenvalue weighted by atomic mass is 19.1. The van der Waals surface area contributed by atoms with Crippen LogP contribution in [0.3, 0.4) is 0 Å². The molecular weight excluding hydrogens is 255 g/mol. The minimum Gasteiger partial charge on any atom is -0.494 e. The summed E-state index contributed by atoms with van der Waals surface area (Å²) in [6.07, 6.45) is 0. The number of nitrogens with zero attached hydrogens (tertiary/aromatic N) is 1. The molecule has 0 aliphatic rings. The fourth-order valence-corrected chi connectivity index (χ4v) is 1.86. The summed E-state index contributed by atoms with van der Waals surface area (Å²) in [5, 5.41) is 11.9. The average molecular weight is 270 g/mol. The lowest BCUT2D eigenvalue weighted by atomic mass is 10.1. The minimum absolute atomic E-state index is 0.0624. The van der Waals surface area contributed by atoms with Gasteiger partial charge in [-0.05, 0) is 25.1 Å². The maximum absolute atomic E-state index is 13.9. The van der Waals surface area contributed by atoms with E-state index in [0.29, 0.717) is 18.7 Å². The van der Waals surface area contributed by atoms with Crippen LogP contribution in [0.15, 0.2) is 42.5 Å². The number of hydrogen-bond acceptors (Lipinski definition) is 3. The molecule has 3 nitrogen and oxygen atoms in total. The Hall–Kier alpha value is -2.54. The van der Waals surface area contributed by atoms with E-state index >= 15 is 0 Å². The third-order valence-electron chi connectivity index (χ3n) is 2.83. The van der Waals surface area contributed by atoms with Crippen molar-refractivity contribution in [3.63, 3.8) is 0 Å². The first-order chi connectivity index (χ1) is 9.74. The van der Waals surface area contributed by atoms with E-state index < -0.39 is 5.82 Å². The first-order valence-electron chi connectivity index (χ1n) is 6.38. The Labute approximate surface area is 117 Å². The van der Waals surface area contributed by atoms with Crippen molar-refractivity contribution >= 4 is 5.69 Å². The van der Waals surface area contributed by atoms with Crippen LogP contribution in [-0.4, -0.2) is 6.61 Å². The van der Waals surface area contributed by atoms with Gasteiger partial charge in [-0.25, -0.2) is 4.39 Å². The predicted octanol–water partition coefficient (Wildman–Crippen LogP) is 3.71. The summed E-state index contributed by atoms with van der Waals surface area (Å²) in [6.45, 7) is 2.84. The van der Waals surface area contributed by atoms with Crippen LogP contribution in [0, 0.1) is 17.1 Å². The summed E-state index contributed by atoms with van der Waals surface area (Å²) in [7, 11) is 0. The molecule has 1 N–H and O–H groups in total. The van der Waals surface area contributed by atoms with Gasteiger partial charge in [-0.3, -0.25) is 0 Å². The normalized spacial score (nSPS) is 9.85. The Kier molecular flexibility index (Phi) is 4.56. The van der Waals surface area contributed by atoms with Crippen molar-refractivity contribution in [3.8, 4) is 11.8 Å². The van der Waals surface area contributed by atoms with Crippen molar-refractivity contribution in [1.82, 2.24) is 0 Å². The van der Waals surface area contributed by atoms with Gasteiger partial charge in [0, 0.05) is 23.9 Å². The number of anilines is 1. The Morgan fingerprint density at radius 3 is 2.80 bits per heavy atom. The summed E-state index contributed by atoms with van der Waals surface area (Å²) in [4.78, 5) is 0. The Balaban J connectivity index is 2.09. The second kappa shape index (κ2) is 6.58. The monoisotopic (exact) mass is 270 g/mol. The van der Waals surface area contributed by atoms with E-state index in [1.165, 1.54) is 6.07 Å². The van der Waals surface area contributed by atoms with E-state index in [0.717, 1.165) is 11.4 Å². The molecule has 0 aromatic heterocycles. The van der Waals surface area contributed by atoms with Crippen LogP contribution in [0.25, 0.3) is 0 Å². The van der Waals surface area contributed by atoms with Crippen LogP contribution < -0.4 is 10.1 Å². The van der Waals surface area contributed by atoms with Gasteiger partial charge >= 0.3 is 0 Å². The average Bonchev–Trinajstić information content (AvgIpc) is 2.47. The highest BCUT2D eigenvalue weighted by Gasteiger charge is 2.07. The molecule has 0 aliphatic heterocycles.